The van der Waals surface area contributed by atoms with Crippen molar-refractivity contribution in [1.29, 1.82) is 0 Å². The summed E-state index contributed by atoms with van der Waals surface area (Å²) in [6.07, 6.45) is 3.20. The standard InChI is InChI=1S/C13H17BrN2O2/c1-9(17)11-3-2-6-16(8-11)13(18)10-4-5-15-12(14)7-10/h4-5,7,9,11,17H,2-3,6,8H2,1H3. The first kappa shape index (κ1) is 13.5. The first-order valence-electron chi connectivity index (χ1n) is 6.17. The van der Waals surface area contributed by atoms with Crippen molar-refractivity contribution in [1.82, 2.24) is 9.88 Å². The average Bonchev–Trinajstić information content (AvgIpc) is 2.38. The number of hydrogen-bond donors (Lipinski definition) is 1. The third-order valence-corrected chi connectivity index (χ3v) is 3.83. The fraction of sp³-hybridized carbons (Fsp3) is 0.538. The van der Waals surface area contributed by atoms with Gasteiger partial charge < -0.3 is 10.0 Å². The second-order valence-electron chi connectivity index (χ2n) is 4.76. The number of amides is 1. The lowest BCUT2D eigenvalue weighted by Crippen LogP contribution is -2.42. The van der Waals surface area contributed by atoms with Crippen molar-refractivity contribution in [3.05, 3.63) is 28.5 Å². The number of piperidine rings is 1. The van der Waals surface area contributed by atoms with Crippen molar-refractivity contribution < 1.29 is 9.90 Å². The highest BCUT2D eigenvalue weighted by Crippen LogP contribution is 2.21. The van der Waals surface area contributed by atoms with E-state index in [4.69, 9.17) is 0 Å². The van der Waals surface area contributed by atoms with Gasteiger partial charge in [0.15, 0.2) is 0 Å². The smallest absolute Gasteiger partial charge is 0.254 e. The zero-order valence-corrected chi connectivity index (χ0v) is 11.9. The molecule has 2 rings (SSSR count). The summed E-state index contributed by atoms with van der Waals surface area (Å²) >= 11 is 3.27. The third kappa shape index (κ3) is 3.09. The highest BCUT2D eigenvalue weighted by atomic mass is 79.9. The van der Waals surface area contributed by atoms with Gasteiger partial charge in [0.1, 0.15) is 4.60 Å². The molecule has 0 saturated carbocycles. The van der Waals surface area contributed by atoms with Crippen LogP contribution in [0.5, 0.6) is 0 Å². The molecule has 0 radical (unpaired) electrons. The molecule has 2 heterocycles. The maximum Gasteiger partial charge on any atom is 0.254 e. The predicted molar refractivity (Wildman–Crippen MR) is 72.2 cm³/mol. The van der Waals surface area contributed by atoms with Crippen molar-refractivity contribution in [2.24, 2.45) is 5.92 Å². The molecule has 18 heavy (non-hydrogen) atoms. The summed E-state index contributed by atoms with van der Waals surface area (Å²) < 4.78 is 0.664. The van der Waals surface area contributed by atoms with Crippen LogP contribution in [0.15, 0.2) is 22.9 Å². The van der Waals surface area contributed by atoms with Gasteiger partial charge in [-0.2, -0.15) is 0 Å². The van der Waals surface area contributed by atoms with Gasteiger partial charge in [0.25, 0.3) is 5.91 Å². The Morgan fingerprint density at radius 2 is 2.44 bits per heavy atom. The Hall–Kier alpha value is -0.940. The molecule has 98 valence electrons. The molecule has 2 atom stereocenters. The van der Waals surface area contributed by atoms with E-state index in [2.05, 4.69) is 20.9 Å². The number of aliphatic hydroxyl groups is 1. The summed E-state index contributed by atoms with van der Waals surface area (Å²) in [5, 5.41) is 9.64. The molecule has 1 saturated heterocycles. The fourth-order valence-corrected chi connectivity index (χ4v) is 2.67. The normalized spacial score (nSPS) is 21.7. The topological polar surface area (TPSA) is 53.4 Å². The Labute approximate surface area is 115 Å². The Balaban J connectivity index is 2.09. The van der Waals surface area contributed by atoms with Crippen molar-refractivity contribution in [3.63, 3.8) is 0 Å². The second kappa shape index (κ2) is 5.80. The molecule has 0 spiro atoms. The SMILES string of the molecule is CC(O)C1CCCN(C(=O)c2ccnc(Br)c2)C1. The Morgan fingerprint density at radius 1 is 1.67 bits per heavy atom. The minimum Gasteiger partial charge on any atom is -0.393 e. The van der Waals surface area contributed by atoms with Crippen LogP contribution in [0.2, 0.25) is 0 Å². The molecular formula is C13H17BrN2O2. The van der Waals surface area contributed by atoms with E-state index in [0.29, 0.717) is 16.7 Å². The monoisotopic (exact) mass is 312 g/mol. The predicted octanol–water partition coefficient (Wildman–Crippen LogP) is 2.08. The number of halogens is 1. The van der Waals surface area contributed by atoms with Gasteiger partial charge in [0.05, 0.1) is 6.10 Å². The van der Waals surface area contributed by atoms with Gasteiger partial charge in [0, 0.05) is 30.8 Å². The van der Waals surface area contributed by atoms with E-state index in [-0.39, 0.29) is 17.9 Å². The molecule has 5 heteroatoms. The molecule has 1 aliphatic rings. The van der Waals surface area contributed by atoms with Crippen molar-refractivity contribution in [3.8, 4) is 0 Å². The molecular weight excluding hydrogens is 296 g/mol. The molecule has 1 aromatic rings. The minimum atomic E-state index is -0.357. The van der Waals surface area contributed by atoms with Crippen molar-refractivity contribution in [2.45, 2.75) is 25.9 Å². The van der Waals surface area contributed by atoms with Crippen LogP contribution in [0.1, 0.15) is 30.1 Å². The van der Waals surface area contributed by atoms with Gasteiger partial charge in [-0.25, -0.2) is 4.98 Å². The third-order valence-electron chi connectivity index (χ3n) is 3.40. The maximum absolute atomic E-state index is 12.3. The van der Waals surface area contributed by atoms with E-state index < -0.39 is 0 Å². The summed E-state index contributed by atoms with van der Waals surface area (Å²) in [5.74, 6) is 0.205. The molecule has 1 N–H and O–H groups in total. The summed E-state index contributed by atoms with van der Waals surface area (Å²) in [4.78, 5) is 18.2. The Morgan fingerprint density at radius 3 is 3.11 bits per heavy atom. The van der Waals surface area contributed by atoms with Crippen LogP contribution in [-0.4, -0.2) is 40.1 Å². The van der Waals surface area contributed by atoms with E-state index in [1.807, 2.05) is 4.90 Å². The highest BCUT2D eigenvalue weighted by Gasteiger charge is 2.27. The minimum absolute atomic E-state index is 0.0171. The number of aliphatic hydroxyl groups excluding tert-OH is 1. The van der Waals surface area contributed by atoms with Gasteiger partial charge in [0.2, 0.25) is 0 Å². The molecule has 1 aromatic heterocycles. The lowest BCUT2D eigenvalue weighted by Gasteiger charge is -2.34. The fourth-order valence-electron chi connectivity index (χ4n) is 2.31. The van der Waals surface area contributed by atoms with Crippen molar-refractivity contribution in [2.75, 3.05) is 13.1 Å². The molecule has 1 amide bonds. The first-order valence-corrected chi connectivity index (χ1v) is 6.96. The Bertz CT molecular complexity index is 437. The lowest BCUT2D eigenvalue weighted by molar-refractivity contribution is 0.0466. The number of pyridine rings is 1. The van der Waals surface area contributed by atoms with E-state index in [0.717, 1.165) is 19.4 Å². The molecule has 1 fully saturated rings. The largest absolute Gasteiger partial charge is 0.393 e. The van der Waals surface area contributed by atoms with Gasteiger partial charge in [-0.1, -0.05) is 0 Å². The summed E-state index contributed by atoms with van der Waals surface area (Å²) in [6.45, 7) is 3.19. The zero-order chi connectivity index (χ0) is 13.1. The lowest BCUT2D eigenvalue weighted by atomic mass is 9.93. The van der Waals surface area contributed by atoms with Crippen LogP contribution in [0, 0.1) is 5.92 Å². The number of carbonyl (C=O) groups is 1. The van der Waals surface area contributed by atoms with Gasteiger partial charge in [-0.3, -0.25) is 4.79 Å². The number of aromatic nitrogens is 1. The summed E-state index contributed by atoms with van der Waals surface area (Å²) in [6, 6.07) is 3.45. The number of rotatable bonds is 2. The van der Waals surface area contributed by atoms with E-state index in [1.54, 1.807) is 25.3 Å². The molecule has 0 bridgehead atoms. The molecule has 1 aliphatic heterocycles. The second-order valence-corrected chi connectivity index (χ2v) is 5.57. The summed E-state index contributed by atoms with van der Waals surface area (Å²) in [7, 11) is 0. The van der Waals surface area contributed by atoms with E-state index in [9.17, 15) is 9.90 Å². The maximum atomic E-state index is 12.3. The van der Waals surface area contributed by atoms with Crippen LogP contribution in [0.4, 0.5) is 0 Å². The number of nitrogens with zero attached hydrogens (tertiary/aromatic N) is 2. The van der Waals surface area contributed by atoms with Crippen molar-refractivity contribution >= 4 is 21.8 Å². The van der Waals surface area contributed by atoms with Gasteiger partial charge >= 0.3 is 0 Å². The molecule has 0 aliphatic carbocycles. The van der Waals surface area contributed by atoms with Crippen LogP contribution >= 0.6 is 15.9 Å². The number of carbonyl (C=O) groups excluding carboxylic acids is 1. The first-order chi connectivity index (χ1) is 8.58. The van der Waals surface area contributed by atoms with E-state index >= 15 is 0 Å². The van der Waals surface area contributed by atoms with E-state index in [1.165, 1.54) is 0 Å². The van der Waals surface area contributed by atoms with Gasteiger partial charge in [-0.15, -0.1) is 0 Å². The van der Waals surface area contributed by atoms with Crippen LogP contribution < -0.4 is 0 Å². The van der Waals surface area contributed by atoms with Crippen LogP contribution in [0.25, 0.3) is 0 Å². The number of likely N-dealkylation sites (tertiary alicyclic amines) is 1. The molecule has 2 unspecified atom stereocenters. The quantitative estimate of drug-likeness (QED) is 0.851. The highest BCUT2D eigenvalue weighted by molar-refractivity contribution is 9.10. The van der Waals surface area contributed by atoms with Crippen LogP contribution in [-0.2, 0) is 0 Å². The molecule has 0 aromatic carbocycles. The zero-order valence-electron chi connectivity index (χ0n) is 10.3. The molecule has 4 nitrogen and oxygen atoms in total. The van der Waals surface area contributed by atoms with Crippen LogP contribution in [0.3, 0.4) is 0 Å². The van der Waals surface area contributed by atoms with Gasteiger partial charge in [-0.05, 0) is 47.8 Å². The average molecular weight is 313 g/mol. The number of hydrogen-bond acceptors (Lipinski definition) is 3. The Kier molecular flexibility index (Phi) is 4.35. The summed E-state index contributed by atoms with van der Waals surface area (Å²) in [5.41, 5.74) is 0.642.